The Morgan fingerprint density at radius 2 is 1.43 bits per heavy atom. The lowest BCUT2D eigenvalue weighted by molar-refractivity contribution is -0.135. The summed E-state index contributed by atoms with van der Waals surface area (Å²) >= 11 is 0. The van der Waals surface area contributed by atoms with Gasteiger partial charge in [-0.2, -0.15) is 13.2 Å². The highest BCUT2D eigenvalue weighted by atomic mass is 32.2. The third-order valence-electron chi connectivity index (χ3n) is 4.90. The van der Waals surface area contributed by atoms with Crippen LogP contribution in [0.2, 0.25) is 0 Å². The molecule has 0 saturated carbocycles. The van der Waals surface area contributed by atoms with Crippen LogP contribution in [0.25, 0.3) is 0 Å². The van der Waals surface area contributed by atoms with Gasteiger partial charge in [0.2, 0.25) is 0 Å². The number of halogens is 3. The van der Waals surface area contributed by atoms with Gasteiger partial charge in [0.25, 0.3) is 0 Å². The van der Waals surface area contributed by atoms with Crippen LogP contribution in [0.1, 0.15) is 61.7 Å². The molecule has 0 amide bonds. The Morgan fingerprint density at radius 3 is 1.83 bits per heavy atom. The van der Waals surface area contributed by atoms with Gasteiger partial charge in [0, 0.05) is 30.6 Å². The molecule has 0 aliphatic rings. The number of esters is 1. The highest BCUT2D eigenvalue weighted by molar-refractivity contribution is 7.90. The molecule has 0 radical (unpaired) electrons. The van der Waals surface area contributed by atoms with Crippen molar-refractivity contribution in [2.24, 2.45) is 0 Å². The van der Waals surface area contributed by atoms with Gasteiger partial charge in [-0.25, -0.2) is 21.6 Å². The molecule has 0 saturated heterocycles. The van der Waals surface area contributed by atoms with Crippen LogP contribution in [-0.2, 0) is 24.7 Å². The maximum atomic E-state index is 11.8. The zero-order valence-electron chi connectivity index (χ0n) is 20.9. The fourth-order valence-corrected chi connectivity index (χ4v) is 4.43. The molecular formula is C22H36F3NO7S2. The lowest BCUT2D eigenvalue weighted by Gasteiger charge is -2.24. The summed E-state index contributed by atoms with van der Waals surface area (Å²) in [6, 6.07) is 4.70. The molecule has 8 nitrogen and oxygen atoms in total. The second kappa shape index (κ2) is 14.1. The van der Waals surface area contributed by atoms with Crippen LogP contribution in [0.3, 0.4) is 0 Å². The second-order valence-corrected chi connectivity index (χ2v) is 12.6. The number of benzene rings is 1. The lowest BCUT2D eigenvalue weighted by Crippen LogP contribution is -2.35. The van der Waals surface area contributed by atoms with E-state index in [1.807, 2.05) is 21.1 Å². The normalized spacial score (nSPS) is 12.6. The largest absolute Gasteiger partial charge is 0.748 e. The van der Waals surface area contributed by atoms with Crippen LogP contribution in [-0.4, -0.2) is 73.8 Å². The van der Waals surface area contributed by atoms with Crippen LogP contribution in [0.5, 0.6) is 0 Å². The predicted molar refractivity (Wildman–Crippen MR) is 128 cm³/mol. The van der Waals surface area contributed by atoms with Crippen molar-refractivity contribution >= 4 is 31.6 Å². The first-order valence-electron chi connectivity index (χ1n) is 11.0. The number of hydrogen-bond donors (Lipinski definition) is 0. The van der Waals surface area contributed by atoms with Crippen molar-refractivity contribution in [1.82, 2.24) is 4.48 Å². The summed E-state index contributed by atoms with van der Waals surface area (Å²) in [4.78, 5) is 11.7. The van der Waals surface area contributed by atoms with Crippen LogP contribution >= 0.6 is 0 Å². The molecule has 204 valence electrons. The molecule has 0 unspecified atom stereocenters. The summed E-state index contributed by atoms with van der Waals surface area (Å²) < 4.78 is 94.3. The van der Waals surface area contributed by atoms with E-state index in [1.165, 1.54) is 13.2 Å². The molecule has 0 aliphatic heterocycles. The monoisotopic (exact) mass is 547 g/mol. The topological polar surface area (TPSA) is 118 Å². The minimum atomic E-state index is -4.12. The van der Waals surface area contributed by atoms with Gasteiger partial charge >= 0.3 is 12.1 Å². The minimum absolute atomic E-state index is 0.00782. The van der Waals surface area contributed by atoms with Crippen molar-refractivity contribution in [2.45, 2.75) is 62.4 Å². The molecule has 0 fully saturated rings. The molecule has 0 aromatic heterocycles. The standard InChI is InChI=1S/C12H18NO4S.C10H19F3O3S/c1-13(2,3)9-6-7-11(18(5,15)16)10(8-9)12(14)17-4;11-10(12,13)8-6-4-2-1-3-5-7-9-17(14,15)16/h6-8H,1-5H3;1-9H2,(H,14,15,16)/q+1;/p-1. The van der Waals surface area contributed by atoms with E-state index in [4.69, 9.17) is 0 Å². The van der Waals surface area contributed by atoms with Crippen molar-refractivity contribution in [3.8, 4) is 0 Å². The zero-order valence-corrected chi connectivity index (χ0v) is 22.5. The lowest BCUT2D eigenvalue weighted by atomic mass is 10.1. The SMILES string of the molecule is COC(=O)c1cc([N+](C)(C)C)ccc1S(C)(=O)=O.O=S(=O)([O-])CCCCCCCCCC(F)(F)F. The Hall–Kier alpha value is -1.70. The number of carbonyl (C=O) groups excluding carboxylic acids is 1. The van der Waals surface area contributed by atoms with Crippen LogP contribution in [0.15, 0.2) is 23.1 Å². The molecule has 0 atom stereocenters. The van der Waals surface area contributed by atoms with Crippen molar-refractivity contribution in [1.29, 1.82) is 0 Å². The van der Waals surface area contributed by atoms with E-state index in [2.05, 4.69) is 4.74 Å². The van der Waals surface area contributed by atoms with Gasteiger partial charge < -0.3 is 9.29 Å². The van der Waals surface area contributed by atoms with Crippen LogP contribution < -0.4 is 4.48 Å². The van der Waals surface area contributed by atoms with Gasteiger partial charge in [0.15, 0.2) is 9.84 Å². The molecule has 0 N–H and O–H groups in total. The number of methoxy groups -OCH3 is 1. The van der Waals surface area contributed by atoms with E-state index in [1.54, 1.807) is 12.1 Å². The Morgan fingerprint density at radius 1 is 0.943 bits per heavy atom. The number of quaternary nitrogens is 1. The Kier molecular flexibility index (Phi) is 13.5. The molecule has 1 aromatic carbocycles. The van der Waals surface area contributed by atoms with Gasteiger partial charge in [0.05, 0.1) is 48.8 Å². The second-order valence-electron chi connectivity index (χ2n) is 9.06. The fraction of sp³-hybridized carbons (Fsp3) is 0.682. The van der Waals surface area contributed by atoms with E-state index in [9.17, 15) is 39.4 Å². The van der Waals surface area contributed by atoms with Gasteiger partial charge in [-0.1, -0.05) is 32.1 Å². The smallest absolute Gasteiger partial charge is 0.389 e. The molecule has 1 rings (SSSR count). The Balaban J connectivity index is 0.000000662. The molecular weight excluding hydrogens is 511 g/mol. The summed E-state index contributed by atoms with van der Waals surface area (Å²) in [5.74, 6) is -0.994. The maximum absolute atomic E-state index is 11.8. The molecule has 35 heavy (non-hydrogen) atoms. The van der Waals surface area contributed by atoms with Crippen molar-refractivity contribution < 1.29 is 44.1 Å². The third-order valence-corrected chi connectivity index (χ3v) is 6.84. The number of ether oxygens (including phenoxy) is 1. The average Bonchev–Trinajstić information content (AvgIpc) is 2.69. The highest BCUT2D eigenvalue weighted by Gasteiger charge is 2.26. The fourth-order valence-electron chi connectivity index (χ4n) is 3.02. The third kappa shape index (κ3) is 15.8. The average molecular weight is 548 g/mol. The number of alkyl halides is 3. The Bertz CT molecular complexity index is 1020. The maximum Gasteiger partial charge on any atom is 0.389 e. The van der Waals surface area contributed by atoms with Crippen molar-refractivity contribution in [3.05, 3.63) is 23.8 Å². The van der Waals surface area contributed by atoms with Crippen LogP contribution in [0.4, 0.5) is 18.9 Å². The first-order chi connectivity index (χ1) is 15.8. The van der Waals surface area contributed by atoms with Gasteiger partial charge in [-0.15, -0.1) is 0 Å². The van der Waals surface area contributed by atoms with E-state index >= 15 is 0 Å². The number of unbranched alkanes of at least 4 members (excludes halogenated alkanes) is 6. The summed E-state index contributed by atoms with van der Waals surface area (Å²) in [5, 5.41) is 0. The molecule has 1 aromatic rings. The van der Waals surface area contributed by atoms with Gasteiger partial charge in [-0.3, -0.25) is 4.48 Å². The number of nitrogens with zero attached hydrogens (tertiary/aromatic N) is 1. The Labute approximate surface area is 206 Å². The summed E-state index contributed by atoms with van der Waals surface area (Å²) in [7, 11) is -0.565. The molecule has 0 heterocycles. The minimum Gasteiger partial charge on any atom is -0.748 e. The molecule has 0 spiro atoms. The first kappa shape index (κ1) is 33.3. The van der Waals surface area contributed by atoms with E-state index in [0.29, 0.717) is 23.7 Å². The summed E-state index contributed by atoms with van der Waals surface area (Å²) in [6.45, 7) is 0. The van der Waals surface area contributed by atoms with E-state index in [-0.39, 0.29) is 22.6 Å². The zero-order chi connectivity index (χ0) is 27.5. The molecule has 0 aliphatic carbocycles. The van der Waals surface area contributed by atoms with Gasteiger partial charge in [-0.05, 0) is 18.9 Å². The number of carbonyl (C=O) groups is 1. The van der Waals surface area contributed by atoms with Crippen molar-refractivity contribution in [2.75, 3.05) is 40.3 Å². The quantitative estimate of drug-likeness (QED) is 0.166. The van der Waals surface area contributed by atoms with E-state index in [0.717, 1.165) is 31.2 Å². The first-order valence-corrected chi connectivity index (χ1v) is 14.5. The summed E-state index contributed by atoms with van der Waals surface area (Å²) in [6.07, 6.45) is 0.218. The number of rotatable bonds is 12. The van der Waals surface area contributed by atoms with Gasteiger partial charge in [0.1, 0.15) is 5.69 Å². The molecule has 13 heteroatoms. The number of sulfone groups is 1. The van der Waals surface area contributed by atoms with E-state index < -0.39 is 38.5 Å². The molecule has 0 bridgehead atoms. The highest BCUT2D eigenvalue weighted by Crippen LogP contribution is 2.25. The number of hydrogen-bond acceptors (Lipinski definition) is 7. The predicted octanol–water partition coefficient (Wildman–Crippen LogP) is 4.29. The van der Waals surface area contributed by atoms with Crippen LogP contribution in [0, 0.1) is 0 Å². The summed E-state index contributed by atoms with van der Waals surface area (Å²) in [5.41, 5.74) is 0.897. The van der Waals surface area contributed by atoms with Crippen molar-refractivity contribution in [3.63, 3.8) is 0 Å².